The number of aliphatic hydroxyl groups excluding tert-OH is 1. The van der Waals surface area contributed by atoms with Crippen LogP contribution in [-0.2, 0) is 9.47 Å². The van der Waals surface area contributed by atoms with Gasteiger partial charge in [0.25, 0.3) is 0 Å². The molecule has 0 aromatic rings. The van der Waals surface area contributed by atoms with Crippen LogP contribution in [0.25, 0.3) is 0 Å². The van der Waals surface area contributed by atoms with Crippen LogP contribution in [0.15, 0.2) is 22.1 Å². The molecule has 0 bridgehead atoms. The summed E-state index contributed by atoms with van der Waals surface area (Å²) in [5.41, 5.74) is 0. The van der Waals surface area contributed by atoms with Crippen LogP contribution in [0.5, 0.6) is 0 Å². The Kier molecular flexibility index (Phi) is 11.2. The van der Waals surface area contributed by atoms with E-state index in [0.29, 0.717) is 11.8 Å². The van der Waals surface area contributed by atoms with Gasteiger partial charge < -0.3 is 24.8 Å². The Balaban J connectivity index is 5.12. The third-order valence-electron chi connectivity index (χ3n) is 2.46. The topological polar surface area (TPSA) is 78.7 Å². The molecule has 0 aliphatic carbocycles. The molecule has 0 aliphatic rings. The van der Waals surface area contributed by atoms with E-state index in [1.807, 2.05) is 11.8 Å². The van der Waals surface area contributed by atoms with E-state index in [0.717, 1.165) is 25.9 Å². The van der Waals surface area contributed by atoms with Crippen molar-refractivity contribution in [2.24, 2.45) is 9.98 Å². The molecule has 0 fully saturated rings. The van der Waals surface area contributed by atoms with Crippen LogP contribution in [0, 0.1) is 0 Å². The van der Waals surface area contributed by atoms with Crippen molar-refractivity contribution < 1.29 is 14.6 Å². The van der Waals surface area contributed by atoms with Crippen LogP contribution in [0.2, 0.25) is 0 Å². The number of hydrogen-bond donors (Lipinski definition) is 2. The fraction of sp³-hybridized carbons (Fsp3) is 0.692. The average Bonchev–Trinajstić information content (AvgIpc) is 2.48. The monoisotopic (exact) mass is 286 g/mol. The van der Waals surface area contributed by atoms with Crippen LogP contribution in [0.3, 0.4) is 0 Å². The maximum atomic E-state index is 8.74. The molecule has 0 heterocycles. The zero-order valence-electron chi connectivity index (χ0n) is 12.8. The van der Waals surface area contributed by atoms with Crippen molar-refractivity contribution in [2.45, 2.75) is 26.7 Å². The van der Waals surface area contributed by atoms with Crippen molar-refractivity contribution in [1.82, 2.24) is 10.2 Å². The zero-order chi connectivity index (χ0) is 15.2. The van der Waals surface area contributed by atoms with Gasteiger partial charge in [0.05, 0.1) is 20.4 Å². The normalized spacial score (nSPS) is 12.7. The van der Waals surface area contributed by atoms with Crippen molar-refractivity contribution in [3.63, 3.8) is 0 Å². The molecule has 0 radical (unpaired) electrons. The molecule has 0 unspecified atom stereocenters. The minimum atomic E-state index is -0.188. The molecule has 116 valence electrons. The quantitative estimate of drug-likeness (QED) is 0.287. The number of aliphatic hydroxyl groups is 1. The molecule has 0 amide bonds. The molecule has 20 heavy (non-hydrogen) atoms. The molecule has 2 N–H and O–H groups in total. The highest BCUT2D eigenvalue weighted by molar-refractivity contribution is 5.86. The molecule has 0 aromatic heterocycles. The van der Waals surface area contributed by atoms with E-state index in [-0.39, 0.29) is 6.73 Å². The number of guanidine groups is 1. The second kappa shape index (κ2) is 12.3. The highest BCUT2D eigenvalue weighted by atomic mass is 16.5. The maximum absolute atomic E-state index is 8.74. The minimum absolute atomic E-state index is 0.188. The number of ether oxygens (including phenoxy) is 2. The molecule has 7 heteroatoms. The molecule has 0 rings (SSSR count). The highest BCUT2D eigenvalue weighted by Gasteiger charge is 2.09. The van der Waals surface area contributed by atoms with Gasteiger partial charge in [-0.15, -0.1) is 0 Å². The van der Waals surface area contributed by atoms with Crippen LogP contribution in [0.1, 0.15) is 26.7 Å². The van der Waals surface area contributed by atoms with Gasteiger partial charge in [-0.05, 0) is 13.3 Å². The smallest absolute Gasteiger partial charge is 0.232 e. The van der Waals surface area contributed by atoms with Crippen LogP contribution < -0.4 is 5.32 Å². The van der Waals surface area contributed by atoms with Crippen LogP contribution >= 0.6 is 0 Å². The van der Waals surface area contributed by atoms with E-state index >= 15 is 0 Å². The Labute approximate surface area is 121 Å². The molecule has 0 saturated carbocycles. The van der Waals surface area contributed by atoms with Crippen molar-refractivity contribution >= 4 is 12.4 Å². The number of rotatable bonds is 9. The first kappa shape index (κ1) is 18.2. The van der Waals surface area contributed by atoms with Gasteiger partial charge in [0.1, 0.15) is 6.73 Å². The third-order valence-corrected chi connectivity index (χ3v) is 2.46. The Morgan fingerprint density at radius 2 is 2.10 bits per heavy atom. The van der Waals surface area contributed by atoms with Gasteiger partial charge in [-0.2, -0.15) is 9.98 Å². The van der Waals surface area contributed by atoms with Gasteiger partial charge in [0, 0.05) is 13.1 Å². The summed E-state index contributed by atoms with van der Waals surface area (Å²) in [5.74, 6) is 0.841. The SMILES string of the molecule is CCCCN(CC)C(=N/C(=C/NCO)OC)/N=C/OC. The summed E-state index contributed by atoms with van der Waals surface area (Å²) in [6.45, 7) is 5.62. The van der Waals surface area contributed by atoms with Crippen LogP contribution in [0.4, 0.5) is 0 Å². The molecular formula is C13H26N4O3. The molecule has 0 saturated heterocycles. The summed E-state index contributed by atoms with van der Waals surface area (Å²) in [6.07, 6.45) is 4.96. The summed E-state index contributed by atoms with van der Waals surface area (Å²) in [7, 11) is 3.04. The Hall–Kier alpha value is -1.76. The van der Waals surface area contributed by atoms with Crippen molar-refractivity contribution in [3.05, 3.63) is 12.1 Å². The maximum Gasteiger partial charge on any atom is 0.232 e. The molecule has 0 spiro atoms. The fourth-order valence-corrected chi connectivity index (χ4v) is 1.40. The van der Waals surface area contributed by atoms with Crippen molar-refractivity contribution in [1.29, 1.82) is 0 Å². The number of unbranched alkanes of at least 4 members (excludes halogenated alkanes) is 1. The van der Waals surface area contributed by atoms with E-state index in [1.165, 1.54) is 26.8 Å². The molecule has 0 aliphatic heterocycles. The van der Waals surface area contributed by atoms with Crippen molar-refractivity contribution in [3.8, 4) is 0 Å². The van der Waals surface area contributed by atoms with Crippen molar-refractivity contribution in [2.75, 3.05) is 34.0 Å². The Morgan fingerprint density at radius 3 is 2.60 bits per heavy atom. The first-order chi connectivity index (χ1) is 9.73. The van der Waals surface area contributed by atoms with E-state index < -0.39 is 0 Å². The van der Waals surface area contributed by atoms with Gasteiger partial charge in [-0.25, -0.2) is 0 Å². The number of aliphatic imine (C=N–C) groups is 2. The second-order valence-electron chi connectivity index (χ2n) is 3.86. The minimum Gasteiger partial charge on any atom is -0.486 e. The van der Waals surface area contributed by atoms with Gasteiger partial charge in [-0.3, -0.25) is 0 Å². The predicted octanol–water partition coefficient (Wildman–Crippen LogP) is 1.12. The lowest BCUT2D eigenvalue weighted by molar-refractivity contribution is 0.261. The van der Waals surface area contributed by atoms with E-state index in [9.17, 15) is 0 Å². The molecule has 7 nitrogen and oxygen atoms in total. The lowest BCUT2D eigenvalue weighted by atomic mass is 10.3. The number of nitrogens with zero attached hydrogens (tertiary/aromatic N) is 3. The van der Waals surface area contributed by atoms with E-state index in [2.05, 4.69) is 22.2 Å². The van der Waals surface area contributed by atoms with E-state index in [4.69, 9.17) is 14.6 Å². The van der Waals surface area contributed by atoms with Gasteiger partial charge in [-0.1, -0.05) is 13.3 Å². The van der Waals surface area contributed by atoms with Gasteiger partial charge >= 0.3 is 0 Å². The first-order valence-electron chi connectivity index (χ1n) is 6.70. The third kappa shape index (κ3) is 7.63. The first-order valence-corrected chi connectivity index (χ1v) is 6.70. The summed E-state index contributed by atoms with van der Waals surface area (Å²) < 4.78 is 9.97. The number of hydrogen-bond acceptors (Lipinski definition) is 5. The lowest BCUT2D eigenvalue weighted by Gasteiger charge is -2.21. The molecule has 0 aromatic carbocycles. The van der Waals surface area contributed by atoms with Gasteiger partial charge in [0.2, 0.25) is 11.8 Å². The summed E-state index contributed by atoms with van der Waals surface area (Å²) in [6, 6.07) is 0. The molecular weight excluding hydrogens is 260 g/mol. The summed E-state index contributed by atoms with van der Waals surface area (Å²) in [5, 5.41) is 11.4. The number of methoxy groups -OCH3 is 2. The average molecular weight is 286 g/mol. The Bertz CT molecular complexity index is 330. The molecule has 0 atom stereocenters. The fourth-order valence-electron chi connectivity index (χ4n) is 1.40. The van der Waals surface area contributed by atoms with Gasteiger partial charge in [0.15, 0.2) is 6.40 Å². The zero-order valence-corrected chi connectivity index (χ0v) is 12.8. The van der Waals surface area contributed by atoms with E-state index in [1.54, 1.807) is 0 Å². The summed E-state index contributed by atoms with van der Waals surface area (Å²) in [4.78, 5) is 10.5. The second-order valence-corrected chi connectivity index (χ2v) is 3.86. The number of nitrogens with one attached hydrogen (secondary N) is 1. The van der Waals surface area contributed by atoms with Crippen LogP contribution in [-0.4, -0.2) is 56.4 Å². The standard InChI is InChI=1S/C13H26N4O3/c1-5-7-8-17(6-2)13(15-11-19-3)16-12(20-4)9-14-10-18/h9,11,14,18H,5-8,10H2,1-4H3/b12-9-,15-11+,16-13+. The predicted molar refractivity (Wildman–Crippen MR) is 80.4 cm³/mol. The largest absolute Gasteiger partial charge is 0.486 e. The highest BCUT2D eigenvalue weighted by Crippen LogP contribution is 2.04. The Morgan fingerprint density at radius 1 is 1.35 bits per heavy atom. The lowest BCUT2D eigenvalue weighted by Crippen LogP contribution is -2.31. The summed E-state index contributed by atoms with van der Waals surface area (Å²) >= 11 is 0.